The number of piperidine rings is 1. The van der Waals surface area contributed by atoms with Crippen LogP contribution in [0.5, 0.6) is 11.5 Å². The fourth-order valence-electron chi connectivity index (χ4n) is 2.48. The number of methoxy groups -OCH3 is 1. The smallest absolute Gasteiger partial charge is 0.165 e. The van der Waals surface area contributed by atoms with Crippen molar-refractivity contribution >= 4 is 0 Å². The van der Waals surface area contributed by atoms with Crippen molar-refractivity contribution in [1.82, 2.24) is 4.90 Å². The third kappa shape index (κ3) is 3.39. The molecule has 1 aliphatic heterocycles. The molecule has 19 heavy (non-hydrogen) atoms. The second-order valence-corrected chi connectivity index (χ2v) is 5.29. The Kier molecular flexibility index (Phi) is 4.66. The molecule has 0 amide bonds. The maximum atomic E-state index is 6.11. The number of benzene rings is 1. The first-order chi connectivity index (χ1) is 9.11. The summed E-state index contributed by atoms with van der Waals surface area (Å²) in [5, 5.41) is 0. The minimum Gasteiger partial charge on any atom is -0.493 e. The second-order valence-electron chi connectivity index (χ2n) is 5.29. The van der Waals surface area contributed by atoms with E-state index in [1.165, 1.54) is 0 Å². The Labute approximate surface area is 115 Å². The highest BCUT2D eigenvalue weighted by Gasteiger charge is 2.21. The van der Waals surface area contributed by atoms with Gasteiger partial charge in [0.2, 0.25) is 0 Å². The molecule has 0 bridgehead atoms. The molecule has 1 aliphatic rings. The highest BCUT2D eigenvalue weighted by atomic mass is 16.5. The van der Waals surface area contributed by atoms with E-state index in [0.717, 1.165) is 43.0 Å². The van der Waals surface area contributed by atoms with Gasteiger partial charge in [-0.2, -0.15) is 0 Å². The van der Waals surface area contributed by atoms with Gasteiger partial charge in [0, 0.05) is 24.7 Å². The number of nitrogens with zero attached hydrogens (tertiary/aromatic N) is 1. The zero-order valence-corrected chi connectivity index (χ0v) is 12.1. The van der Waals surface area contributed by atoms with E-state index in [2.05, 4.69) is 11.9 Å². The fourth-order valence-corrected chi connectivity index (χ4v) is 2.48. The van der Waals surface area contributed by atoms with E-state index in [9.17, 15) is 0 Å². The Morgan fingerprint density at radius 2 is 2.00 bits per heavy atom. The van der Waals surface area contributed by atoms with Crippen LogP contribution < -0.4 is 15.2 Å². The quantitative estimate of drug-likeness (QED) is 0.905. The summed E-state index contributed by atoms with van der Waals surface area (Å²) >= 11 is 0. The zero-order valence-electron chi connectivity index (χ0n) is 12.1. The summed E-state index contributed by atoms with van der Waals surface area (Å²) in [4.78, 5) is 2.33. The van der Waals surface area contributed by atoms with Crippen LogP contribution in [0.2, 0.25) is 0 Å². The first-order valence-electron chi connectivity index (χ1n) is 6.89. The Morgan fingerprint density at radius 3 is 2.58 bits per heavy atom. The van der Waals surface area contributed by atoms with Crippen molar-refractivity contribution in [2.24, 2.45) is 5.73 Å². The third-order valence-electron chi connectivity index (χ3n) is 3.66. The van der Waals surface area contributed by atoms with Gasteiger partial charge in [0.1, 0.15) is 6.10 Å². The van der Waals surface area contributed by atoms with Crippen LogP contribution in [0.15, 0.2) is 18.2 Å². The van der Waals surface area contributed by atoms with E-state index < -0.39 is 0 Å². The van der Waals surface area contributed by atoms with E-state index in [-0.39, 0.29) is 12.1 Å². The van der Waals surface area contributed by atoms with Gasteiger partial charge in [-0.1, -0.05) is 12.1 Å². The molecule has 1 unspecified atom stereocenters. The average molecular weight is 264 g/mol. The predicted octanol–water partition coefficient (Wildman–Crippen LogP) is 2.19. The molecule has 0 spiro atoms. The van der Waals surface area contributed by atoms with Crippen LogP contribution in [-0.4, -0.2) is 38.3 Å². The van der Waals surface area contributed by atoms with Crippen LogP contribution in [0, 0.1) is 0 Å². The number of ether oxygens (including phenoxy) is 2. The highest BCUT2D eigenvalue weighted by Crippen LogP contribution is 2.35. The third-order valence-corrected chi connectivity index (χ3v) is 3.66. The van der Waals surface area contributed by atoms with Gasteiger partial charge in [-0.15, -0.1) is 0 Å². The van der Waals surface area contributed by atoms with Crippen molar-refractivity contribution in [2.45, 2.75) is 31.9 Å². The lowest BCUT2D eigenvalue weighted by atomic mass is 10.1. The van der Waals surface area contributed by atoms with E-state index in [1.807, 2.05) is 25.1 Å². The van der Waals surface area contributed by atoms with E-state index in [4.69, 9.17) is 15.2 Å². The summed E-state index contributed by atoms with van der Waals surface area (Å²) in [6, 6.07) is 5.87. The SMILES string of the molecule is COc1c(OC2CCN(C)CC2)cccc1C(C)N. The molecular formula is C15H24N2O2. The van der Waals surface area contributed by atoms with Crippen molar-refractivity contribution in [1.29, 1.82) is 0 Å². The average Bonchev–Trinajstić information content (AvgIpc) is 2.41. The summed E-state index contributed by atoms with van der Waals surface area (Å²) in [6.45, 7) is 4.12. The van der Waals surface area contributed by atoms with Crippen LogP contribution in [0.25, 0.3) is 0 Å². The minimum absolute atomic E-state index is 0.0593. The van der Waals surface area contributed by atoms with Gasteiger partial charge in [0.05, 0.1) is 7.11 Å². The first-order valence-corrected chi connectivity index (χ1v) is 6.89. The van der Waals surface area contributed by atoms with Crippen molar-refractivity contribution < 1.29 is 9.47 Å². The maximum Gasteiger partial charge on any atom is 0.165 e. The molecule has 2 rings (SSSR count). The number of rotatable bonds is 4. The molecule has 0 aromatic heterocycles. The standard InChI is InChI=1S/C15H24N2O2/c1-11(16)13-5-4-6-14(15(13)18-3)19-12-7-9-17(2)10-8-12/h4-6,11-12H,7-10,16H2,1-3H3. The van der Waals surface area contributed by atoms with Gasteiger partial charge >= 0.3 is 0 Å². The maximum absolute atomic E-state index is 6.11. The summed E-state index contributed by atoms with van der Waals surface area (Å²) in [7, 11) is 3.82. The van der Waals surface area contributed by atoms with Crippen LogP contribution in [-0.2, 0) is 0 Å². The zero-order chi connectivity index (χ0) is 13.8. The molecule has 1 aromatic rings. The number of para-hydroxylation sites is 1. The molecular weight excluding hydrogens is 240 g/mol. The van der Waals surface area contributed by atoms with E-state index >= 15 is 0 Å². The normalized spacial score (nSPS) is 19.2. The van der Waals surface area contributed by atoms with Crippen LogP contribution in [0.1, 0.15) is 31.4 Å². The van der Waals surface area contributed by atoms with Gasteiger partial charge < -0.3 is 20.1 Å². The van der Waals surface area contributed by atoms with Crippen LogP contribution in [0.4, 0.5) is 0 Å². The minimum atomic E-state index is -0.0593. The lowest BCUT2D eigenvalue weighted by Crippen LogP contribution is -2.35. The monoisotopic (exact) mass is 264 g/mol. The van der Waals surface area contributed by atoms with Crippen LogP contribution >= 0.6 is 0 Å². The summed E-state index contributed by atoms with van der Waals surface area (Å²) in [6.07, 6.45) is 2.39. The molecule has 1 heterocycles. The van der Waals surface area contributed by atoms with E-state index in [1.54, 1.807) is 7.11 Å². The van der Waals surface area contributed by atoms with Gasteiger partial charge in [-0.05, 0) is 32.9 Å². The number of likely N-dealkylation sites (tertiary alicyclic amines) is 1. The Balaban J connectivity index is 2.13. The summed E-state index contributed by atoms with van der Waals surface area (Å²) in [5.74, 6) is 1.59. The topological polar surface area (TPSA) is 47.7 Å². The summed E-state index contributed by atoms with van der Waals surface area (Å²) < 4.78 is 11.6. The van der Waals surface area contributed by atoms with Gasteiger partial charge in [0.15, 0.2) is 11.5 Å². The van der Waals surface area contributed by atoms with E-state index in [0.29, 0.717) is 0 Å². The molecule has 0 aliphatic carbocycles. The van der Waals surface area contributed by atoms with Gasteiger partial charge in [-0.3, -0.25) is 0 Å². The van der Waals surface area contributed by atoms with Crippen molar-refractivity contribution in [3.63, 3.8) is 0 Å². The molecule has 1 saturated heterocycles. The fraction of sp³-hybridized carbons (Fsp3) is 0.600. The lowest BCUT2D eigenvalue weighted by Gasteiger charge is -2.30. The predicted molar refractivity (Wildman–Crippen MR) is 76.7 cm³/mol. The van der Waals surface area contributed by atoms with Gasteiger partial charge in [0.25, 0.3) is 0 Å². The Hall–Kier alpha value is -1.26. The largest absolute Gasteiger partial charge is 0.493 e. The molecule has 106 valence electrons. The van der Waals surface area contributed by atoms with Gasteiger partial charge in [-0.25, -0.2) is 0 Å². The number of hydrogen-bond donors (Lipinski definition) is 1. The molecule has 4 heteroatoms. The number of hydrogen-bond acceptors (Lipinski definition) is 4. The molecule has 0 saturated carbocycles. The Morgan fingerprint density at radius 1 is 1.32 bits per heavy atom. The Bertz CT molecular complexity index is 413. The molecule has 1 fully saturated rings. The molecule has 1 atom stereocenters. The molecule has 0 radical (unpaired) electrons. The van der Waals surface area contributed by atoms with Crippen molar-refractivity contribution in [2.75, 3.05) is 27.2 Å². The number of nitrogens with two attached hydrogens (primary N) is 1. The highest BCUT2D eigenvalue weighted by molar-refractivity contribution is 5.48. The molecule has 4 nitrogen and oxygen atoms in total. The molecule has 2 N–H and O–H groups in total. The summed E-state index contributed by atoms with van der Waals surface area (Å²) in [5.41, 5.74) is 6.96. The second kappa shape index (κ2) is 6.26. The lowest BCUT2D eigenvalue weighted by molar-refractivity contribution is 0.111. The molecule has 1 aromatic carbocycles. The van der Waals surface area contributed by atoms with Crippen molar-refractivity contribution in [3.8, 4) is 11.5 Å². The first kappa shape index (κ1) is 14.2. The van der Waals surface area contributed by atoms with Crippen molar-refractivity contribution in [3.05, 3.63) is 23.8 Å². The van der Waals surface area contributed by atoms with Crippen LogP contribution in [0.3, 0.4) is 0 Å².